The molecule has 0 fully saturated rings. The molecule has 3 atom stereocenters. The second-order valence-corrected chi connectivity index (χ2v) is 11.7. The first-order chi connectivity index (χ1) is 19.7. The Labute approximate surface area is 246 Å². The Balaban J connectivity index is 4.07. The lowest BCUT2D eigenvalue weighted by Crippen LogP contribution is -2.30. The van der Waals surface area contributed by atoms with Crippen LogP contribution in [0.2, 0.25) is 0 Å². The standard InChI is InChI=1S/C27H45NO13S/c1-3-22(29)8-6-4-5-7-20(26(33)34)15-23(30)17-41-14-13-40-12-11-28-25(32)10-9-21(27(35)36)16-24(31)19(2)18-42(37,38)39/h19-21H,3-18H2,1-2H3,(H,28,32)(H,33,34)(H,35,36)(H,37,38,39). The molecule has 0 bridgehead atoms. The fourth-order valence-electron chi connectivity index (χ4n) is 3.94. The molecule has 0 rings (SSSR count). The number of unbranched alkanes of at least 4 members (excludes halogenated alkanes) is 2. The zero-order valence-electron chi connectivity index (χ0n) is 24.4. The number of hydrogen-bond donors (Lipinski definition) is 4. The number of aliphatic carboxylic acids is 2. The van der Waals surface area contributed by atoms with Gasteiger partial charge in [-0.05, 0) is 19.3 Å². The Kier molecular flexibility index (Phi) is 20.4. The van der Waals surface area contributed by atoms with Gasteiger partial charge >= 0.3 is 11.9 Å². The van der Waals surface area contributed by atoms with Crippen LogP contribution in [-0.4, -0.2) is 97.1 Å². The SMILES string of the molecule is CCC(=O)CCCCCC(CC(=O)COCCOCCNC(=O)CCC(CC(=O)C(C)CS(=O)(=O)O)C(=O)O)C(=O)O. The van der Waals surface area contributed by atoms with E-state index in [9.17, 15) is 47.4 Å². The second kappa shape index (κ2) is 21.9. The van der Waals surface area contributed by atoms with Crippen LogP contribution in [0.25, 0.3) is 0 Å². The number of rotatable bonds is 27. The molecule has 14 nitrogen and oxygen atoms in total. The van der Waals surface area contributed by atoms with Gasteiger partial charge in [0.1, 0.15) is 18.2 Å². The zero-order chi connectivity index (χ0) is 32.1. The molecule has 0 aromatic rings. The van der Waals surface area contributed by atoms with Crippen LogP contribution < -0.4 is 5.32 Å². The first kappa shape index (κ1) is 39.2. The van der Waals surface area contributed by atoms with E-state index in [1.54, 1.807) is 6.92 Å². The summed E-state index contributed by atoms with van der Waals surface area (Å²) in [6, 6.07) is 0. The molecule has 0 spiro atoms. The molecule has 0 aliphatic carbocycles. The number of carbonyl (C=O) groups is 6. The lowest BCUT2D eigenvalue weighted by atomic mass is 9.92. The highest BCUT2D eigenvalue weighted by Crippen LogP contribution is 2.17. The van der Waals surface area contributed by atoms with Gasteiger partial charge in [0.05, 0.1) is 37.4 Å². The molecule has 0 aromatic heterocycles. The highest BCUT2D eigenvalue weighted by atomic mass is 32.2. The molecule has 0 radical (unpaired) electrons. The molecule has 3 unspecified atom stereocenters. The van der Waals surface area contributed by atoms with Crippen molar-refractivity contribution in [2.24, 2.45) is 17.8 Å². The van der Waals surface area contributed by atoms with Crippen LogP contribution in [-0.2, 0) is 48.4 Å². The van der Waals surface area contributed by atoms with Gasteiger partial charge in [0, 0.05) is 44.6 Å². The number of ketones is 3. The molecule has 4 N–H and O–H groups in total. The van der Waals surface area contributed by atoms with Gasteiger partial charge in [-0.3, -0.25) is 33.3 Å². The summed E-state index contributed by atoms with van der Waals surface area (Å²) in [5, 5.41) is 21.2. The molecule has 242 valence electrons. The van der Waals surface area contributed by atoms with Crippen molar-refractivity contribution in [1.29, 1.82) is 0 Å². The van der Waals surface area contributed by atoms with E-state index in [1.807, 2.05) is 0 Å². The van der Waals surface area contributed by atoms with Gasteiger partial charge in [-0.25, -0.2) is 0 Å². The Morgan fingerprint density at radius 3 is 2.00 bits per heavy atom. The van der Waals surface area contributed by atoms with Crippen molar-refractivity contribution in [2.45, 2.75) is 78.1 Å². The molecule has 1 amide bonds. The van der Waals surface area contributed by atoms with Crippen LogP contribution in [0.4, 0.5) is 0 Å². The monoisotopic (exact) mass is 623 g/mol. The summed E-state index contributed by atoms with van der Waals surface area (Å²) in [7, 11) is -4.38. The van der Waals surface area contributed by atoms with Crippen LogP contribution in [0.3, 0.4) is 0 Å². The smallest absolute Gasteiger partial charge is 0.306 e. The van der Waals surface area contributed by atoms with E-state index >= 15 is 0 Å². The van der Waals surface area contributed by atoms with Crippen molar-refractivity contribution in [3.63, 3.8) is 0 Å². The third kappa shape index (κ3) is 21.0. The fraction of sp³-hybridized carbons (Fsp3) is 0.778. The van der Waals surface area contributed by atoms with Gasteiger partial charge in [0.2, 0.25) is 5.91 Å². The van der Waals surface area contributed by atoms with Crippen molar-refractivity contribution in [3.05, 3.63) is 0 Å². The summed E-state index contributed by atoms with van der Waals surface area (Å²) >= 11 is 0. The van der Waals surface area contributed by atoms with Gasteiger partial charge in [-0.1, -0.05) is 26.7 Å². The van der Waals surface area contributed by atoms with Crippen LogP contribution in [0.15, 0.2) is 0 Å². The molecule has 0 heterocycles. The van der Waals surface area contributed by atoms with E-state index in [4.69, 9.17) is 14.0 Å². The maximum atomic E-state index is 12.1. The van der Waals surface area contributed by atoms with Crippen LogP contribution in [0.5, 0.6) is 0 Å². The average molecular weight is 624 g/mol. The Hall–Kier alpha value is -2.75. The highest BCUT2D eigenvalue weighted by molar-refractivity contribution is 7.85. The first-order valence-electron chi connectivity index (χ1n) is 14.0. The predicted molar refractivity (Wildman–Crippen MR) is 149 cm³/mol. The minimum atomic E-state index is -4.38. The van der Waals surface area contributed by atoms with Crippen LogP contribution in [0, 0.1) is 17.8 Å². The summed E-state index contributed by atoms with van der Waals surface area (Å²) in [5.74, 6) is -7.50. The van der Waals surface area contributed by atoms with E-state index in [0.29, 0.717) is 32.1 Å². The lowest BCUT2D eigenvalue weighted by Gasteiger charge is -2.14. The van der Waals surface area contributed by atoms with Crippen LogP contribution >= 0.6 is 0 Å². The molecule has 0 saturated heterocycles. The first-order valence-corrected chi connectivity index (χ1v) is 15.7. The molecular weight excluding hydrogens is 578 g/mol. The number of ether oxygens (including phenoxy) is 2. The normalized spacial score (nSPS) is 13.6. The van der Waals surface area contributed by atoms with Gasteiger partial charge < -0.3 is 25.0 Å². The van der Waals surface area contributed by atoms with E-state index in [2.05, 4.69) is 5.32 Å². The third-order valence-electron chi connectivity index (χ3n) is 6.46. The van der Waals surface area contributed by atoms with Gasteiger partial charge in [-0.15, -0.1) is 0 Å². The fourth-order valence-corrected chi connectivity index (χ4v) is 4.76. The van der Waals surface area contributed by atoms with Gasteiger partial charge in [0.15, 0.2) is 5.78 Å². The molecule has 0 aliphatic heterocycles. The minimum Gasteiger partial charge on any atom is -0.481 e. The largest absolute Gasteiger partial charge is 0.481 e. The van der Waals surface area contributed by atoms with Crippen molar-refractivity contribution in [1.82, 2.24) is 5.32 Å². The summed E-state index contributed by atoms with van der Waals surface area (Å²) in [6.45, 7) is 3.24. The Bertz CT molecular complexity index is 996. The molecule has 15 heteroatoms. The van der Waals surface area contributed by atoms with E-state index in [0.717, 1.165) is 6.42 Å². The summed E-state index contributed by atoms with van der Waals surface area (Å²) in [6.07, 6.45) is 2.43. The number of carboxylic acids is 2. The molecule has 0 aromatic carbocycles. The highest BCUT2D eigenvalue weighted by Gasteiger charge is 2.27. The minimum absolute atomic E-state index is 0.0766. The van der Waals surface area contributed by atoms with E-state index in [-0.39, 0.29) is 63.8 Å². The number of nitrogens with one attached hydrogen (secondary N) is 1. The topological polar surface area (TPSA) is 228 Å². The Morgan fingerprint density at radius 1 is 0.786 bits per heavy atom. The molecular formula is C27H45NO13S. The van der Waals surface area contributed by atoms with Gasteiger partial charge in [0.25, 0.3) is 10.1 Å². The second-order valence-electron chi connectivity index (χ2n) is 10.2. The van der Waals surface area contributed by atoms with E-state index in [1.165, 1.54) is 6.92 Å². The average Bonchev–Trinajstić information content (AvgIpc) is 2.89. The summed E-state index contributed by atoms with van der Waals surface area (Å²) in [5.41, 5.74) is 0. The van der Waals surface area contributed by atoms with E-state index < -0.39 is 63.7 Å². The van der Waals surface area contributed by atoms with Crippen molar-refractivity contribution in [2.75, 3.05) is 38.7 Å². The quantitative estimate of drug-likeness (QED) is 0.0755. The maximum Gasteiger partial charge on any atom is 0.306 e. The van der Waals surface area contributed by atoms with Crippen molar-refractivity contribution < 1.29 is 61.4 Å². The summed E-state index contributed by atoms with van der Waals surface area (Å²) in [4.78, 5) is 70.3. The van der Waals surface area contributed by atoms with Crippen molar-refractivity contribution >= 4 is 45.3 Å². The number of amides is 1. The third-order valence-corrected chi connectivity index (χ3v) is 7.38. The van der Waals surface area contributed by atoms with Crippen molar-refractivity contribution in [3.8, 4) is 0 Å². The number of Topliss-reactive ketones (excluding diaryl/α,β-unsaturated/α-hetero) is 3. The summed E-state index contributed by atoms with van der Waals surface area (Å²) < 4.78 is 41.2. The number of carboxylic acid groups (broad SMARTS) is 2. The van der Waals surface area contributed by atoms with Gasteiger partial charge in [-0.2, -0.15) is 8.42 Å². The van der Waals surface area contributed by atoms with Crippen LogP contribution in [0.1, 0.15) is 78.1 Å². The molecule has 0 aliphatic rings. The Morgan fingerprint density at radius 2 is 1.40 bits per heavy atom. The maximum absolute atomic E-state index is 12.1. The molecule has 42 heavy (non-hydrogen) atoms. The number of hydrogen-bond acceptors (Lipinski definition) is 10. The predicted octanol–water partition coefficient (Wildman–Crippen LogP) is 1.69. The molecule has 0 saturated carbocycles. The number of carbonyl (C=O) groups excluding carboxylic acids is 4. The zero-order valence-corrected chi connectivity index (χ0v) is 25.2. The lowest BCUT2D eigenvalue weighted by molar-refractivity contribution is -0.145.